The van der Waals surface area contributed by atoms with Crippen LogP contribution in [0.2, 0.25) is 0 Å². The van der Waals surface area contributed by atoms with E-state index in [9.17, 15) is 4.79 Å². The smallest absolute Gasteiger partial charge is 0.246 e. The van der Waals surface area contributed by atoms with Crippen LogP contribution in [-0.4, -0.2) is 31.0 Å². The Balaban J connectivity index is 1.76. The predicted octanol–water partition coefficient (Wildman–Crippen LogP) is 4.67. The second-order valence-corrected chi connectivity index (χ2v) is 7.08. The maximum absolute atomic E-state index is 12.3. The van der Waals surface area contributed by atoms with Crippen LogP contribution in [0.25, 0.3) is 6.08 Å². The lowest BCUT2D eigenvalue weighted by Crippen LogP contribution is -2.25. The van der Waals surface area contributed by atoms with E-state index in [1.54, 1.807) is 19.3 Å². The summed E-state index contributed by atoms with van der Waals surface area (Å²) in [6.45, 7) is 2.11. The van der Waals surface area contributed by atoms with Gasteiger partial charge in [-0.25, -0.2) is 0 Å². The lowest BCUT2D eigenvalue weighted by Gasteiger charge is -2.14. The van der Waals surface area contributed by atoms with Crippen LogP contribution in [0.1, 0.15) is 24.0 Å². The summed E-state index contributed by atoms with van der Waals surface area (Å²) in [6, 6.07) is 13.7. The monoisotopic (exact) mass is 415 g/mol. The van der Waals surface area contributed by atoms with E-state index in [0.717, 1.165) is 41.5 Å². The van der Waals surface area contributed by atoms with E-state index in [2.05, 4.69) is 15.9 Å². The zero-order valence-electron chi connectivity index (χ0n) is 14.8. The molecule has 136 valence electrons. The average Bonchev–Trinajstić information content (AvgIpc) is 3.20. The molecule has 2 aromatic rings. The van der Waals surface area contributed by atoms with Gasteiger partial charge in [-0.3, -0.25) is 4.79 Å². The number of nitrogens with zero attached hydrogens (tertiary/aromatic N) is 1. The molecule has 0 N–H and O–H groups in total. The normalized spacial score (nSPS) is 14.0. The second-order valence-electron chi connectivity index (χ2n) is 6.16. The number of rotatable bonds is 6. The summed E-state index contributed by atoms with van der Waals surface area (Å²) in [5.41, 5.74) is 1.89. The van der Waals surface area contributed by atoms with Crippen LogP contribution in [-0.2, 0) is 11.4 Å². The Morgan fingerprint density at radius 2 is 1.88 bits per heavy atom. The van der Waals surface area contributed by atoms with Crippen LogP contribution < -0.4 is 9.47 Å². The average molecular weight is 416 g/mol. The van der Waals surface area contributed by atoms with Crippen LogP contribution in [0.4, 0.5) is 0 Å². The van der Waals surface area contributed by atoms with Gasteiger partial charge < -0.3 is 14.4 Å². The van der Waals surface area contributed by atoms with Gasteiger partial charge in [-0.15, -0.1) is 0 Å². The van der Waals surface area contributed by atoms with Gasteiger partial charge in [-0.05, 0) is 42.7 Å². The molecule has 1 fully saturated rings. The quantitative estimate of drug-likeness (QED) is 0.643. The molecule has 1 amide bonds. The molecule has 1 aliphatic rings. The zero-order chi connectivity index (χ0) is 18.4. The van der Waals surface area contributed by atoms with Crippen molar-refractivity contribution in [2.45, 2.75) is 19.4 Å². The first kappa shape index (κ1) is 18.5. The number of likely N-dealkylation sites (tertiary alicyclic amines) is 1. The molecule has 5 heteroatoms. The summed E-state index contributed by atoms with van der Waals surface area (Å²) >= 11 is 3.43. The first-order chi connectivity index (χ1) is 12.7. The number of methoxy groups -OCH3 is 1. The molecule has 0 spiro atoms. The highest BCUT2D eigenvalue weighted by Crippen LogP contribution is 2.33. The van der Waals surface area contributed by atoms with E-state index < -0.39 is 0 Å². The fourth-order valence-corrected chi connectivity index (χ4v) is 3.18. The first-order valence-corrected chi connectivity index (χ1v) is 9.48. The molecule has 4 nitrogen and oxygen atoms in total. The van der Waals surface area contributed by atoms with Crippen molar-refractivity contribution in [3.8, 4) is 11.5 Å². The third-order valence-electron chi connectivity index (χ3n) is 4.35. The molecule has 2 aromatic carbocycles. The molecule has 1 heterocycles. The summed E-state index contributed by atoms with van der Waals surface area (Å²) < 4.78 is 12.5. The standard InChI is InChI=1S/C21H22BrNO3/c1-25-19-6-4-5-17(9-12-20(24)23-13-2-3-14-23)21(19)26-15-16-7-10-18(22)11-8-16/h4-12H,2-3,13-15H2,1H3/b12-9+. The first-order valence-electron chi connectivity index (χ1n) is 8.68. The van der Waals surface area contributed by atoms with E-state index in [4.69, 9.17) is 9.47 Å². The van der Waals surface area contributed by atoms with Crippen molar-refractivity contribution >= 4 is 27.9 Å². The van der Waals surface area contributed by atoms with E-state index >= 15 is 0 Å². The molecule has 0 unspecified atom stereocenters. The number of hydrogen-bond acceptors (Lipinski definition) is 3. The maximum atomic E-state index is 12.3. The van der Waals surface area contributed by atoms with Crippen molar-refractivity contribution in [1.29, 1.82) is 0 Å². The van der Waals surface area contributed by atoms with E-state index in [-0.39, 0.29) is 5.91 Å². The molecule has 0 saturated carbocycles. The van der Waals surface area contributed by atoms with Gasteiger partial charge in [-0.2, -0.15) is 0 Å². The minimum atomic E-state index is 0.0455. The number of halogens is 1. The minimum Gasteiger partial charge on any atom is -0.493 e. The van der Waals surface area contributed by atoms with Crippen LogP contribution in [0.3, 0.4) is 0 Å². The van der Waals surface area contributed by atoms with Crippen molar-refractivity contribution < 1.29 is 14.3 Å². The third-order valence-corrected chi connectivity index (χ3v) is 4.88. The number of carbonyl (C=O) groups is 1. The highest BCUT2D eigenvalue weighted by Gasteiger charge is 2.16. The summed E-state index contributed by atoms with van der Waals surface area (Å²) in [5, 5.41) is 0. The van der Waals surface area contributed by atoms with Gasteiger partial charge in [0.15, 0.2) is 11.5 Å². The highest BCUT2D eigenvalue weighted by molar-refractivity contribution is 9.10. The van der Waals surface area contributed by atoms with E-state index in [1.807, 2.05) is 47.4 Å². The van der Waals surface area contributed by atoms with Gasteiger partial charge >= 0.3 is 0 Å². The van der Waals surface area contributed by atoms with Crippen molar-refractivity contribution in [2.24, 2.45) is 0 Å². The fourth-order valence-electron chi connectivity index (χ4n) is 2.92. The molecule has 0 aromatic heterocycles. The summed E-state index contributed by atoms with van der Waals surface area (Å²) in [4.78, 5) is 14.1. The van der Waals surface area contributed by atoms with E-state index in [0.29, 0.717) is 18.1 Å². The van der Waals surface area contributed by atoms with Crippen molar-refractivity contribution in [3.63, 3.8) is 0 Å². The number of amides is 1. The Morgan fingerprint density at radius 3 is 2.58 bits per heavy atom. The molecule has 3 rings (SSSR count). The molecule has 0 aliphatic carbocycles. The summed E-state index contributed by atoms with van der Waals surface area (Å²) in [5.74, 6) is 1.34. The predicted molar refractivity (Wildman–Crippen MR) is 106 cm³/mol. The maximum Gasteiger partial charge on any atom is 0.246 e. The van der Waals surface area contributed by atoms with Crippen LogP contribution in [0, 0.1) is 0 Å². The number of hydrogen-bond donors (Lipinski definition) is 0. The van der Waals surface area contributed by atoms with Gasteiger partial charge in [0.05, 0.1) is 7.11 Å². The van der Waals surface area contributed by atoms with E-state index in [1.165, 1.54) is 0 Å². The largest absolute Gasteiger partial charge is 0.493 e. The highest BCUT2D eigenvalue weighted by atomic mass is 79.9. The molecule has 0 radical (unpaired) electrons. The zero-order valence-corrected chi connectivity index (χ0v) is 16.4. The Labute approximate surface area is 162 Å². The molecular formula is C21H22BrNO3. The summed E-state index contributed by atoms with van der Waals surface area (Å²) in [7, 11) is 1.62. The fraction of sp³-hybridized carbons (Fsp3) is 0.286. The van der Waals surface area contributed by atoms with Crippen molar-refractivity contribution in [1.82, 2.24) is 4.90 Å². The Morgan fingerprint density at radius 1 is 1.15 bits per heavy atom. The van der Waals surface area contributed by atoms with Crippen molar-refractivity contribution in [3.05, 3.63) is 64.1 Å². The SMILES string of the molecule is COc1cccc(/C=C/C(=O)N2CCCC2)c1OCc1ccc(Br)cc1. The number of para-hydroxylation sites is 1. The summed E-state index contributed by atoms with van der Waals surface area (Å²) in [6.07, 6.45) is 5.59. The molecular weight excluding hydrogens is 394 g/mol. The Kier molecular flexibility index (Phi) is 6.34. The minimum absolute atomic E-state index is 0.0455. The van der Waals surface area contributed by atoms with Crippen LogP contribution in [0.5, 0.6) is 11.5 Å². The van der Waals surface area contributed by atoms with Gasteiger partial charge in [-0.1, -0.05) is 40.2 Å². The number of ether oxygens (including phenoxy) is 2. The third kappa shape index (κ3) is 4.67. The van der Waals surface area contributed by atoms with Gasteiger partial charge in [0.1, 0.15) is 6.61 Å². The second kappa shape index (κ2) is 8.90. The molecule has 0 atom stereocenters. The molecule has 1 aliphatic heterocycles. The Hall–Kier alpha value is -2.27. The molecule has 26 heavy (non-hydrogen) atoms. The van der Waals surface area contributed by atoms with Gasteiger partial charge in [0.25, 0.3) is 0 Å². The number of benzene rings is 2. The lowest BCUT2D eigenvalue weighted by molar-refractivity contribution is -0.124. The van der Waals surface area contributed by atoms with Crippen LogP contribution >= 0.6 is 15.9 Å². The van der Waals surface area contributed by atoms with Gasteiger partial charge in [0, 0.05) is 29.2 Å². The number of carbonyl (C=O) groups excluding carboxylic acids is 1. The topological polar surface area (TPSA) is 38.8 Å². The Bertz CT molecular complexity index is 780. The van der Waals surface area contributed by atoms with Gasteiger partial charge in [0.2, 0.25) is 5.91 Å². The van der Waals surface area contributed by atoms with Crippen molar-refractivity contribution in [2.75, 3.05) is 20.2 Å². The van der Waals surface area contributed by atoms with Crippen LogP contribution in [0.15, 0.2) is 53.0 Å². The molecule has 0 bridgehead atoms. The lowest BCUT2D eigenvalue weighted by atomic mass is 10.1. The molecule has 1 saturated heterocycles.